The number of carbonyl (C=O) groups is 1. The molecule has 156 valence electrons. The van der Waals surface area contributed by atoms with Crippen molar-refractivity contribution in [2.45, 2.75) is 12.3 Å². The van der Waals surface area contributed by atoms with Gasteiger partial charge in [-0.1, -0.05) is 12.1 Å². The monoisotopic (exact) mass is 409 g/mol. The van der Waals surface area contributed by atoms with Crippen molar-refractivity contribution in [2.75, 3.05) is 33.8 Å². The molecule has 0 fully saturated rings. The Morgan fingerprint density at radius 3 is 2.50 bits per heavy atom. The van der Waals surface area contributed by atoms with Crippen molar-refractivity contribution in [3.8, 4) is 28.7 Å². The van der Waals surface area contributed by atoms with Crippen LogP contribution in [0.5, 0.6) is 23.0 Å². The van der Waals surface area contributed by atoms with Crippen molar-refractivity contribution in [1.82, 2.24) is 9.55 Å². The molecule has 1 N–H and O–H groups in total. The maximum absolute atomic E-state index is 12.6. The number of carbonyl (C=O) groups excluding carboxylic acids is 1. The van der Waals surface area contributed by atoms with E-state index in [0.29, 0.717) is 34.5 Å². The van der Waals surface area contributed by atoms with Crippen LogP contribution in [0.25, 0.3) is 5.69 Å². The lowest BCUT2D eigenvalue weighted by Crippen LogP contribution is -2.25. The van der Waals surface area contributed by atoms with E-state index < -0.39 is 0 Å². The number of para-hydroxylation sites is 1. The Labute approximate surface area is 174 Å². The molecular formula is C22H23N3O5. The standard InChI is InChI=1S/C22H23N3O5/c1-27-13-8-9-17(28-2)16(10-13)25-12-23-20-15(11-19(26)24-22(20)25)14-6-5-7-18(29-3)21(14)30-4/h5-10,12,15H,11H2,1-4H3,(H,24,26)/t15-/m1/s1. The van der Waals surface area contributed by atoms with Gasteiger partial charge >= 0.3 is 0 Å². The molecule has 0 saturated heterocycles. The summed E-state index contributed by atoms with van der Waals surface area (Å²) in [5.41, 5.74) is 2.30. The van der Waals surface area contributed by atoms with Gasteiger partial charge in [0.1, 0.15) is 23.6 Å². The summed E-state index contributed by atoms with van der Waals surface area (Å²) in [5.74, 6) is 2.70. The lowest BCUT2D eigenvalue weighted by molar-refractivity contribution is -0.116. The first kappa shape index (κ1) is 19.6. The second-order valence-electron chi connectivity index (χ2n) is 6.77. The van der Waals surface area contributed by atoms with Gasteiger partial charge in [-0.3, -0.25) is 9.36 Å². The third kappa shape index (κ3) is 3.20. The Bertz CT molecular complexity index is 1090. The van der Waals surface area contributed by atoms with Crippen molar-refractivity contribution >= 4 is 11.7 Å². The van der Waals surface area contributed by atoms with Crippen molar-refractivity contribution < 1.29 is 23.7 Å². The van der Waals surface area contributed by atoms with Crippen molar-refractivity contribution in [2.24, 2.45) is 0 Å². The number of nitrogens with zero attached hydrogens (tertiary/aromatic N) is 2. The first-order chi connectivity index (χ1) is 14.6. The molecule has 0 unspecified atom stereocenters. The summed E-state index contributed by atoms with van der Waals surface area (Å²) in [6, 6.07) is 11.1. The molecule has 8 heteroatoms. The number of hydrogen-bond acceptors (Lipinski definition) is 6. The minimum Gasteiger partial charge on any atom is -0.497 e. The summed E-state index contributed by atoms with van der Waals surface area (Å²) in [6.45, 7) is 0. The molecule has 2 aromatic carbocycles. The smallest absolute Gasteiger partial charge is 0.226 e. The maximum Gasteiger partial charge on any atom is 0.226 e. The number of rotatable bonds is 6. The van der Waals surface area contributed by atoms with Gasteiger partial charge in [0.05, 0.1) is 39.8 Å². The van der Waals surface area contributed by atoms with E-state index in [1.807, 2.05) is 36.4 Å². The van der Waals surface area contributed by atoms with Crippen LogP contribution in [0, 0.1) is 0 Å². The molecule has 8 nitrogen and oxygen atoms in total. The second-order valence-corrected chi connectivity index (χ2v) is 6.77. The maximum atomic E-state index is 12.6. The highest BCUT2D eigenvalue weighted by molar-refractivity contribution is 5.94. The van der Waals surface area contributed by atoms with Crippen LogP contribution in [0.3, 0.4) is 0 Å². The average Bonchev–Trinajstić information content (AvgIpc) is 3.20. The van der Waals surface area contributed by atoms with Gasteiger partial charge in [-0.05, 0) is 18.2 Å². The third-order valence-corrected chi connectivity index (χ3v) is 5.23. The molecule has 1 aromatic heterocycles. The molecule has 4 rings (SSSR count). The number of aromatic nitrogens is 2. The topological polar surface area (TPSA) is 83.8 Å². The highest BCUT2D eigenvalue weighted by atomic mass is 16.5. The van der Waals surface area contributed by atoms with E-state index in [0.717, 1.165) is 11.3 Å². The van der Waals surface area contributed by atoms with E-state index in [4.69, 9.17) is 18.9 Å². The fourth-order valence-electron chi connectivity index (χ4n) is 3.82. The van der Waals surface area contributed by atoms with Crippen LogP contribution >= 0.6 is 0 Å². The molecule has 0 radical (unpaired) electrons. The molecule has 3 aromatic rings. The Hall–Kier alpha value is -3.68. The number of ether oxygens (including phenoxy) is 4. The highest BCUT2D eigenvalue weighted by Gasteiger charge is 2.34. The summed E-state index contributed by atoms with van der Waals surface area (Å²) in [7, 11) is 6.37. The summed E-state index contributed by atoms with van der Waals surface area (Å²) in [5, 5.41) is 2.95. The van der Waals surface area contributed by atoms with E-state index in [1.165, 1.54) is 0 Å². The Kier molecular flexibility index (Phi) is 5.22. The molecule has 30 heavy (non-hydrogen) atoms. The molecule has 2 heterocycles. The number of methoxy groups -OCH3 is 4. The van der Waals surface area contributed by atoms with Crippen LogP contribution in [0.2, 0.25) is 0 Å². The van der Waals surface area contributed by atoms with Crippen LogP contribution in [0.15, 0.2) is 42.7 Å². The van der Waals surface area contributed by atoms with Crippen LogP contribution < -0.4 is 24.3 Å². The largest absolute Gasteiger partial charge is 0.497 e. The van der Waals surface area contributed by atoms with Gasteiger partial charge in [-0.15, -0.1) is 0 Å². The molecule has 1 amide bonds. The molecule has 0 spiro atoms. The molecule has 0 bridgehead atoms. The Morgan fingerprint density at radius 1 is 1.00 bits per heavy atom. The van der Waals surface area contributed by atoms with Crippen molar-refractivity contribution in [1.29, 1.82) is 0 Å². The second kappa shape index (κ2) is 7.98. The van der Waals surface area contributed by atoms with E-state index in [-0.39, 0.29) is 18.2 Å². The average molecular weight is 409 g/mol. The zero-order chi connectivity index (χ0) is 21.3. The van der Waals surface area contributed by atoms with Gasteiger partial charge in [-0.2, -0.15) is 0 Å². The predicted octanol–water partition coefficient (Wildman–Crippen LogP) is 3.38. The fourth-order valence-corrected chi connectivity index (χ4v) is 3.82. The van der Waals surface area contributed by atoms with Gasteiger partial charge in [0, 0.05) is 24.0 Å². The predicted molar refractivity (Wildman–Crippen MR) is 111 cm³/mol. The van der Waals surface area contributed by atoms with Gasteiger partial charge in [0.2, 0.25) is 5.91 Å². The van der Waals surface area contributed by atoms with Gasteiger partial charge in [0.25, 0.3) is 0 Å². The van der Waals surface area contributed by atoms with E-state index in [9.17, 15) is 4.79 Å². The molecule has 0 saturated carbocycles. The first-order valence-electron chi connectivity index (χ1n) is 9.41. The van der Waals surface area contributed by atoms with Gasteiger partial charge in [-0.25, -0.2) is 4.98 Å². The number of fused-ring (bicyclic) bond motifs is 1. The Morgan fingerprint density at radius 2 is 1.80 bits per heavy atom. The Balaban J connectivity index is 1.87. The molecule has 1 aliphatic rings. The molecule has 1 aliphatic heterocycles. The van der Waals surface area contributed by atoms with Crippen molar-refractivity contribution in [3.05, 3.63) is 54.0 Å². The van der Waals surface area contributed by atoms with Gasteiger partial charge < -0.3 is 24.3 Å². The van der Waals surface area contributed by atoms with Crippen molar-refractivity contribution in [3.63, 3.8) is 0 Å². The van der Waals surface area contributed by atoms with Crippen LogP contribution in [0.4, 0.5) is 5.82 Å². The molecule has 1 atom stereocenters. The third-order valence-electron chi connectivity index (χ3n) is 5.23. The minimum absolute atomic E-state index is 0.110. The van der Waals surface area contributed by atoms with E-state index in [2.05, 4.69) is 10.3 Å². The van der Waals surface area contributed by atoms with Crippen LogP contribution in [-0.2, 0) is 4.79 Å². The van der Waals surface area contributed by atoms with E-state index >= 15 is 0 Å². The van der Waals surface area contributed by atoms with E-state index in [1.54, 1.807) is 39.3 Å². The zero-order valence-corrected chi connectivity index (χ0v) is 17.3. The summed E-state index contributed by atoms with van der Waals surface area (Å²) in [6.07, 6.45) is 1.93. The van der Waals surface area contributed by atoms with Gasteiger partial charge in [0.15, 0.2) is 11.5 Å². The summed E-state index contributed by atoms with van der Waals surface area (Å²) >= 11 is 0. The lowest BCUT2D eigenvalue weighted by atomic mass is 9.89. The van der Waals surface area contributed by atoms with Crippen LogP contribution in [0.1, 0.15) is 23.6 Å². The lowest BCUT2D eigenvalue weighted by Gasteiger charge is -2.25. The minimum atomic E-state index is -0.281. The fraction of sp³-hybridized carbons (Fsp3) is 0.273. The number of amides is 1. The number of hydrogen-bond donors (Lipinski definition) is 1. The number of imidazole rings is 1. The highest BCUT2D eigenvalue weighted by Crippen LogP contribution is 2.44. The normalized spacial score (nSPS) is 15.2. The summed E-state index contributed by atoms with van der Waals surface area (Å²) < 4.78 is 23.7. The van der Waals surface area contributed by atoms with Crippen LogP contribution in [-0.4, -0.2) is 43.9 Å². The number of anilines is 1. The number of nitrogens with one attached hydrogen (secondary N) is 1. The quantitative estimate of drug-likeness (QED) is 0.672. The SMILES string of the molecule is COc1ccc(OC)c(-n2cnc3c2NC(=O)C[C@@H]3c2cccc(OC)c2OC)c1. The molecular weight excluding hydrogens is 386 g/mol. The molecule has 0 aliphatic carbocycles. The zero-order valence-electron chi connectivity index (χ0n) is 17.3. The first-order valence-corrected chi connectivity index (χ1v) is 9.41. The summed E-state index contributed by atoms with van der Waals surface area (Å²) in [4.78, 5) is 17.3. The number of benzene rings is 2.